The molecule has 0 aromatic heterocycles. The summed E-state index contributed by atoms with van der Waals surface area (Å²) in [5.74, 6) is 1.14. The Balaban J connectivity index is 2.27. The largest absolute Gasteiger partial charge is 0.396 e. The molecule has 1 aromatic carbocycles. The van der Waals surface area contributed by atoms with Crippen LogP contribution in [0.3, 0.4) is 0 Å². The van der Waals surface area contributed by atoms with E-state index in [0.29, 0.717) is 6.54 Å². The van der Waals surface area contributed by atoms with Crippen LogP contribution < -0.4 is 5.73 Å². The molecule has 2 N–H and O–H groups in total. The lowest BCUT2D eigenvalue weighted by Crippen LogP contribution is -2.44. The summed E-state index contributed by atoms with van der Waals surface area (Å²) in [6.45, 7) is 2.69. The van der Waals surface area contributed by atoms with Crippen LogP contribution in [0.1, 0.15) is 17.3 Å². The Morgan fingerprint density at radius 3 is 3.06 bits per heavy atom. The number of halogens is 1. The van der Waals surface area contributed by atoms with Gasteiger partial charge in [-0.1, -0.05) is 6.07 Å². The predicted octanol–water partition coefficient (Wildman–Crippen LogP) is 1.99. The Hall–Kier alpha value is -1.23. The molecule has 1 saturated heterocycles. The molecule has 1 unspecified atom stereocenters. The average Bonchev–Trinajstić information content (AvgIpc) is 2.32. The number of rotatable bonds is 1. The summed E-state index contributed by atoms with van der Waals surface area (Å²) >= 11 is 1.83. The second kappa shape index (κ2) is 4.96. The van der Waals surface area contributed by atoms with Crippen molar-refractivity contribution < 1.29 is 9.18 Å². The Kier molecular flexibility index (Phi) is 3.57. The second-order valence-electron chi connectivity index (χ2n) is 4.12. The number of carbonyl (C=O) groups is 1. The Morgan fingerprint density at radius 1 is 1.59 bits per heavy atom. The smallest absolute Gasteiger partial charge is 0.256 e. The zero-order chi connectivity index (χ0) is 12.4. The molecule has 1 aliphatic heterocycles. The first kappa shape index (κ1) is 12.2. The molecule has 1 heterocycles. The fourth-order valence-corrected chi connectivity index (χ4v) is 2.92. The molecule has 1 atom stereocenters. The van der Waals surface area contributed by atoms with Gasteiger partial charge in [0, 0.05) is 24.1 Å². The van der Waals surface area contributed by atoms with Crippen LogP contribution in [0.4, 0.5) is 10.1 Å². The molecular formula is C12H15FN2OS. The van der Waals surface area contributed by atoms with Crippen LogP contribution >= 0.6 is 11.8 Å². The molecule has 1 aliphatic rings. The van der Waals surface area contributed by atoms with Crippen LogP contribution in [0.5, 0.6) is 0 Å². The van der Waals surface area contributed by atoms with Gasteiger partial charge < -0.3 is 10.6 Å². The summed E-state index contributed by atoms with van der Waals surface area (Å²) in [5, 5.41) is 0. The first-order chi connectivity index (χ1) is 8.11. The summed E-state index contributed by atoms with van der Waals surface area (Å²) in [5.41, 5.74) is 5.82. The van der Waals surface area contributed by atoms with Crippen LogP contribution in [-0.4, -0.2) is 34.9 Å². The molecule has 0 radical (unpaired) electrons. The van der Waals surface area contributed by atoms with E-state index in [1.807, 2.05) is 18.7 Å². The molecule has 3 nitrogen and oxygen atoms in total. The molecule has 1 amide bonds. The van der Waals surface area contributed by atoms with Crippen molar-refractivity contribution in [3.05, 3.63) is 29.6 Å². The summed E-state index contributed by atoms with van der Waals surface area (Å²) in [6, 6.07) is 4.53. The van der Waals surface area contributed by atoms with E-state index in [1.165, 1.54) is 12.1 Å². The molecule has 0 aliphatic carbocycles. The molecule has 0 bridgehead atoms. The maximum atomic E-state index is 13.3. The van der Waals surface area contributed by atoms with Crippen molar-refractivity contribution >= 4 is 23.4 Å². The molecule has 1 aromatic rings. The third kappa shape index (κ3) is 2.39. The van der Waals surface area contributed by atoms with Gasteiger partial charge in [-0.3, -0.25) is 4.79 Å². The van der Waals surface area contributed by atoms with Gasteiger partial charge in [0.05, 0.1) is 11.3 Å². The molecular weight excluding hydrogens is 239 g/mol. The number of nitrogen functional groups attached to an aromatic ring is 1. The second-order valence-corrected chi connectivity index (χ2v) is 5.27. The monoisotopic (exact) mass is 254 g/mol. The van der Waals surface area contributed by atoms with Gasteiger partial charge in [-0.2, -0.15) is 11.8 Å². The third-order valence-corrected chi connectivity index (χ3v) is 4.10. The number of hydrogen-bond donors (Lipinski definition) is 1. The van der Waals surface area contributed by atoms with Gasteiger partial charge in [-0.15, -0.1) is 0 Å². The Labute approximate surface area is 104 Å². The summed E-state index contributed by atoms with van der Waals surface area (Å²) < 4.78 is 13.3. The predicted molar refractivity (Wildman–Crippen MR) is 68.6 cm³/mol. The SMILES string of the molecule is CC1CSCCN1C(=O)c1cccc(F)c1N. The number of anilines is 1. The van der Waals surface area contributed by atoms with Crippen LogP contribution in [0.15, 0.2) is 18.2 Å². The number of thioether (sulfide) groups is 1. The number of nitrogens with two attached hydrogens (primary N) is 1. The topological polar surface area (TPSA) is 46.3 Å². The first-order valence-corrected chi connectivity index (χ1v) is 6.69. The lowest BCUT2D eigenvalue weighted by Gasteiger charge is -2.33. The van der Waals surface area contributed by atoms with Crippen molar-refractivity contribution in [3.8, 4) is 0 Å². The maximum Gasteiger partial charge on any atom is 0.256 e. The van der Waals surface area contributed by atoms with E-state index in [-0.39, 0.29) is 23.2 Å². The van der Waals surface area contributed by atoms with E-state index in [9.17, 15) is 9.18 Å². The van der Waals surface area contributed by atoms with Crippen molar-refractivity contribution in [2.75, 3.05) is 23.8 Å². The molecule has 0 spiro atoms. The van der Waals surface area contributed by atoms with Crippen molar-refractivity contribution in [1.29, 1.82) is 0 Å². The van der Waals surface area contributed by atoms with Crippen molar-refractivity contribution in [2.24, 2.45) is 0 Å². The molecule has 17 heavy (non-hydrogen) atoms. The highest BCUT2D eigenvalue weighted by atomic mass is 32.2. The zero-order valence-corrected chi connectivity index (χ0v) is 10.5. The van der Waals surface area contributed by atoms with Crippen LogP contribution in [-0.2, 0) is 0 Å². The van der Waals surface area contributed by atoms with Gasteiger partial charge in [0.2, 0.25) is 0 Å². The number of nitrogens with zero attached hydrogens (tertiary/aromatic N) is 1. The van der Waals surface area contributed by atoms with Crippen molar-refractivity contribution in [3.63, 3.8) is 0 Å². The third-order valence-electron chi connectivity index (χ3n) is 2.91. The number of benzene rings is 1. The normalized spacial score (nSPS) is 20.4. The standard InChI is InChI=1S/C12H15FN2OS/c1-8-7-17-6-5-15(8)12(16)9-3-2-4-10(13)11(9)14/h2-4,8H,5-7,14H2,1H3. The summed E-state index contributed by atoms with van der Waals surface area (Å²) in [4.78, 5) is 14.0. The average molecular weight is 254 g/mol. The van der Waals surface area contributed by atoms with Crippen LogP contribution in [0, 0.1) is 5.82 Å². The maximum absolute atomic E-state index is 13.3. The lowest BCUT2D eigenvalue weighted by molar-refractivity contribution is 0.0716. The number of carbonyl (C=O) groups excluding carboxylic acids is 1. The fourth-order valence-electron chi connectivity index (χ4n) is 1.91. The molecule has 5 heteroatoms. The lowest BCUT2D eigenvalue weighted by atomic mass is 10.1. The minimum Gasteiger partial charge on any atom is -0.396 e. The summed E-state index contributed by atoms with van der Waals surface area (Å²) in [6.07, 6.45) is 0. The zero-order valence-electron chi connectivity index (χ0n) is 9.65. The Bertz CT molecular complexity index is 439. The van der Waals surface area contributed by atoms with Gasteiger partial charge in [0.25, 0.3) is 5.91 Å². The Morgan fingerprint density at radius 2 is 2.35 bits per heavy atom. The molecule has 92 valence electrons. The number of amides is 1. The van der Waals surface area contributed by atoms with Crippen molar-refractivity contribution in [1.82, 2.24) is 4.90 Å². The van der Waals surface area contributed by atoms with E-state index in [0.717, 1.165) is 11.5 Å². The van der Waals surface area contributed by atoms with Crippen LogP contribution in [0.25, 0.3) is 0 Å². The van der Waals surface area contributed by atoms with E-state index in [2.05, 4.69) is 0 Å². The summed E-state index contributed by atoms with van der Waals surface area (Å²) in [7, 11) is 0. The van der Waals surface area contributed by atoms with Gasteiger partial charge in [0.15, 0.2) is 0 Å². The van der Waals surface area contributed by atoms with E-state index < -0.39 is 5.82 Å². The molecule has 0 saturated carbocycles. The van der Waals surface area contributed by atoms with Gasteiger partial charge in [-0.25, -0.2) is 4.39 Å². The van der Waals surface area contributed by atoms with Crippen molar-refractivity contribution in [2.45, 2.75) is 13.0 Å². The molecule has 2 rings (SSSR count). The van der Waals surface area contributed by atoms with E-state index in [4.69, 9.17) is 5.73 Å². The van der Waals surface area contributed by atoms with Gasteiger partial charge in [0.1, 0.15) is 5.82 Å². The van der Waals surface area contributed by atoms with Gasteiger partial charge in [-0.05, 0) is 19.1 Å². The van der Waals surface area contributed by atoms with Crippen LogP contribution in [0.2, 0.25) is 0 Å². The van der Waals surface area contributed by atoms with E-state index >= 15 is 0 Å². The minimum atomic E-state index is -0.533. The first-order valence-electron chi connectivity index (χ1n) is 5.54. The highest BCUT2D eigenvalue weighted by Crippen LogP contribution is 2.22. The molecule has 1 fully saturated rings. The van der Waals surface area contributed by atoms with E-state index in [1.54, 1.807) is 11.0 Å². The highest BCUT2D eigenvalue weighted by molar-refractivity contribution is 7.99. The minimum absolute atomic E-state index is 0.0528. The number of hydrogen-bond acceptors (Lipinski definition) is 3. The van der Waals surface area contributed by atoms with Gasteiger partial charge >= 0.3 is 0 Å². The fraction of sp³-hybridized carbons (Fsp3) is 0.417. The highest BCUT2D eigenvalue weighted by Gasteiger charge is 2.26. The quantitative estimate of drug-likeness (QED) is 0.780. The number of para-hydroxylation sites is 1.